The molecule has 1 aliphatic rings. The zero-order valence-electron chi connectivity index (χ0n) is 19.5. The number of piperidine rings is 1. The molecule has 0 spiro atoms. The molecule has 4 rings (SSSR count). The van der Waals surface area contributed by atoms with E-state index in [4.69, 9.17) is 14.7 Å². The van der Waals surface area contributed by atoms with E-state index in [-0.39, 0.29) is 0 Å². The van der Waals surface area contributed by atoms with Gasteiger partial charge >= 0.3 is 11.9 Å². The first-order valence-corrected chi connectivity index (χ1v) is 11.7. The lowest BCUT2D eigenvalue weighted by Gasteiger charge is -2.31. The van der Waals surface area contributed by atoms with Gasteiger partial charge in [-0.15, -0.1) is 0 Å². The first-order valence-electron chi connectivity index (χ1n) is 11.7. The lowest BCUT2D eigenvalue weighted by Crippen LogP contribution is -2.35. The Morgan fingerprint density at radius 1 is 1.03 bits per heavy atom. The van der Waals surface area contributed by atoms with E-state index in [2.05, 4.69) is 59.4 Å². The van der Waals surface area contributed by atoms with Crippen LogP contribution in [0.3, 0.4) is 0 Å². The molecule has 2 heterocycles. The maximum Gasteiger partial charge on any atom is 0.328 e. The van der Waals surface area contributed by atoms with Crippen molar-refractivity contribution >= 4 is 22.9 Å². The van der Waals surface area contributed by atoms with Crippen LogP contribution in [0.15, 0.2) is 65.2 Å². The molecule has 7 heteroatoms. The summed E-state index contributed by atoms with van der Waals surface area (Å²) in [5.41, 5.74) is 4.77. The topological polar surface area (TPSA) is 104 Å². The summed E-state index contributed by atoms with van der Waals surface area (Å²) in [6, 6.07) is 17.2. The van der Waals surface area contributed by atoms with Gasteiger partial charge in [-0.1, -0.05) is 47.1 Å². The summed E-state index contributed by atoms with van der Waals surface area (Å²) in [5, 5.41) is 21.1. The Morgan fingerprint density at radius 2 is 1.71 bits per heavy atom. The van der Waals surface area contributed by atoms with Crippen molar-refractivity contribution in [2.45, 2.75) is 39.0 Å². The largest absolute Gasteiger partial charge is 0.478 e. The van der Waals surface area contributed by atoms with E-state index in [1.807, 2.05) is 6.07 Å². The standard InChI is InChI=1S/C23H28N2O.C4H4O4/c1-18-7-10-23-21(17-18)22(24-26-23)9-8-20-12-15-25(16-13-20)14-11-19-5-3-2-4-6-19;5-3(6)1-2-4(7)8/h2-7,10,17,20H,8-9,11-16H2,1H3;1-2H,(H,5,6)(H,7,8). The molecule has 0 radical (unpaired) electrons. The molecule has 0 amide bonds. The molecule has 0 atom stereocenters. The van der Waals surface area contributed by atoms with Crippen molar-refractivity contribution in [1.82, 2.24) is 10.1 Å². The summed E-state index contributed by atoms with van der Waals surface area (Å²) in [6.45, 7) is 5.78. The summed E-state index contributed by atoms with van der Waals surface area (Å²) in [7, 11) is 0. The van der Waals surface area contributed by atoms with E-state index in [0.717, 1.165) is 30.0 Å². The highest BCUT2D eigenvalue weighted by Crippen LogP contribution is 2.26. The Bertz CT molecular complexity index is 1080. The van der Waals surface area contributed by atoms with Crippen LogP contribution in [0.5, 0.6) is 0 Å². The zero-order chi connectivity index (χ0) is 24.3. The van der Waals surface area contributed by atoms with Crippen LogP contribution in [0.25, 0.3) is 11.0 Å². The maximum absolute atomic E-state index is 9.55. The van der Waals surface area contributed by atoms with Crippen molar-refractivity contribution in [2.75, 3.05) is 19.6 Å². The Kier molecular flexibility index (Phi) is 9.40. The number of aryl methyl sites for hydroxylation is 2. The normalized spacial score (nSPS) is 14.7. The minimum atomic E-state index is -1.26. The number of carboxylic acid groups (broad SMARTS) is 2. The van der Waals surface area contributed by atoms with Gasteiger partial charge < -0.3 is 19.6 Å². The molecule has 34 heavy (non-hydrogen) atoms. The molecule has 2 N–H and O–H groups in total. The molecule has 1 saturated heterocycles. The van der Waals surface area contributed by atoms with Crippen molar-refractivity contribution in [1.29, 1.82) is 0 Å². The number of benzene rings is 2. The zero-order valence-corrected chi connectivity index (χ0v) is 19.5. The number of likely N-dealkylation sites (tertiary alicyclic amines) is 1. The third-order valence-corrected chi connectivity index (χ3v) is 6.12. The van der Waals surface area contributed by atoms with Gasteiger partial charge in [-0.3, -0.25) is 0 Å². The molecule has 1 aliphatic heterocycles. The highest BCUT2D eigenvalue weighted by atomic mass is 16.5. The van der Waals surface area contributed by atoms with Crippen molar-refractivity contribution in [2.24, 2.45) is 5.92 Å². The smallest absolute Gasteiger partial charge is 0.328 e. The van der Waals surface area contributed by atoms with Gasteiger partial charge in [0, 0.05) is 24.1 Å². The number of hydrogen-bond donors (Lipinski definition) is 2. The van der Waals surface area contributed by atoms with E-state index in [9.17, 15) is 9.59 Å². The van der Waals surface area contributed by atoms with Crippen molar-refractivity contribution in [3.63, 3.8) is 0 Å². The summed E-state index contributed by atoms with van der Waals surface area (Å²) in [6.07, 6.45) is 7.15. The molecule has 0 aliphatic carbocycles. The van der Waals surface area contributed by atoms with Gasteiger partial charge in [-0.25, -0.2) is 9.59 Å². The molecule has 3 aromatic rings. The quantitative estimate of drug-likeness (QED) is 0.464. The van der Waals surface area contributed by atoms with E-state index in [1.54, 1.807) is 0 Å². The van der Waals surface area contributed by atoms with Crippen LogP contribution >= 0.6 is 0 Å². The first kappa shape index (κ1) is 25.2. The number of aliphatic carboxylic acids is 2. The van der Waals surface area contributed by atoms with Crippen LogP contribution < -0.4 is 0 Å². The maximum atomic E-state index is 9.55. The molecule has 0 saturated carbocycles. The predicted molar refractivity (Wildman–Crippen MR) is 131 cm³/mol. The van der Waals surface area contributed by atoms with E-state index < -0.39 is 11.9 Å². The third kappa shape index (κ3) is 8.15. The summed E-state index contributed by atoms with van der Waals surface area (Å²) < 4.78 is 5.48. The molecule has 1 fully saturated rings. The predicted octanol–water partition coefficient (Wildman–Crippen LogP) is 4.74. The first-order chi connectivity index (χ1) is 16.4. The van der Waals surface area contributed by atoms with Gasteiger partial charge in [0.2, 0.25) is 0 Å². The summed E-state index contributed by atoms with van der Waals surface area (Å²) in [5.74, 6) is -1.70. The molecular weight excluding hydrogens is 432 g/mol. The van der Waals surface area contributed by atoms with Crippen LogP contribution in [-0.2, 0) is 22.4 Å². The van der Waals surface area contributed by atoms with E-state index >= 15 is 0 Å². The van der Waals surface area contributed by atoms with Gasteiger partial charge in [0.15, 0.2) is 5.58 Å². The van der Waals surface area contributed by atoms with Crippen LogP contribution in [-0.4, -0.2) is 51.8 Å². The highest BCUT2D eigenvalue weighted by molar-refractivity contribution is 5.89. The summed E-state index contributed by atoms with van der Waals surface area (Å²) in [4.78, 5) is 21.7. The Labute approximate surface area is 199 Å². The molecule has 0 bridgehead atoms. The van der Waals surface area contributed by atoms with Crippen molar-refractivity contribution in [3.05, 3.63) is 77.5 Å². The molecule has 7 nitrogen and oxygen atoms in total. The molecule has 0 unspecified atom stereocenters. The number of fused-ring (bicyclic) bond motifs is 1. The third-order valence-electron chi connectivity index (χ3n) is 6.12. The number of hydrogen-bond acceptors (Lipinski definition) is 5. The second-order valence-corrected chi connectivity index (χ2v) is 8.70. The van der Waals surface area contributed by atoms with Gasteiger partial charge in [-0.05, 0) is 75.7 Å². The van der Waals surface area contributed by atoms with Crippen molar-refractivity contribution < 1.29 is 24.3 Å². The fourth-order valence-electron chi connectivity index (χ4n) is 4.20. The molecule has 1 aromatic heterocycles. The van der Waals surface area contributed by atoms with E-state index in [0.29, 0.717) is 12.2 Å². The second-order valence-electron chi connectivity index (χ2n) is 8.70. The highest BCUT2D eigenvalue weighted by Gasteiger charge is 2.20. The Morgan fingerprint density at radius 3 is 2.35 bits per heavy atom. The lowest BCUT2D eigenvalue weighted by atomic mass is 9.91. The fraction of sp³-hybridized carbons (Fsp3) is 0.370. The number of nitrogens with zero attached hydrogens (tertiary/aromatic N) is 2. The van der Waals surface area contributed by atoms with Crippen LogP contribution in [0, 0.1) is 12.8 Å². The minimum Gasteiger partial charge on any atom is -0.478 e. The number of aromatic nitrogens is 1. The molecule has 2 aromatic carbocycles. The SMILES string of the molecule is Cc1ccc2onc(CCC3CCN(CCc4ccccc4)CC3)c2c1.O=C(O)C=CC(=O)O. The average molecular weight is 465 g/mol. The minimum absolute atomic E-state index is 0.558. The average Bonchev–Trinajstić information content (AvgIpc) is 3.24. The van der Waals surface area contributed by atoms with Crippen LogP contribution in [0.2, 0.25) is 0 Å². The van der Waals surface area contributed by atoms with Gasteiger partial charge in [0.05, 0.1) is 5.69 Å². The number of carboxylic acids is 2. The Balaban J connectivity index is 0.000000350. The lowest BCUT2D eigenvalue weighted by molar-refractivity contribution is -0.134. The van der Waals surface area contributed by atoms with Crippen LogP contribution in [0.4, 0.5) is 0 Å². The van der Waals surface area contributed by atoms with E-state index in [1.165, 1.54) is 55.4 Å². The molecule has 180 valence electrons. The van der Waals surface area contributed by atoms with Crippen LogP contribution in [0.1, 0.15) is 36.1 Å². The van der Waals surface area contributed by atoms with Gasteiger partial charge in [-0.2, -0.15) is 0 Å². The monoisotopic (exact) mass is 464 g/mol. The number of carbonyl (C=O) groups is 2. The summed E-state index contributed by atoms with van der Waals surface area (Å²) >= 11 is 0. The van der Waals surface area contributed by atoms with Gasteiger partial charge in [0.1, 0.15) is 0 Å². The number of rotatable bonds is 8. The van der Waals surface area contributed by atoms with Crippen molar-refractivity contribution in [3.8, 4) is 0 Å². The second kappa shape index (κ2) is 12.7. The Hall–Kier alpha value is -3.45. The molecular formula is C27H32N2O5. The fourth-order valence-corrected chi connectivity index (χ4v) is 4.20. The van der Waals surface area contributed by atoms with Gasteiger partial charge in [0.25, 0.3) is 0 Å².